The number of hydrogen-bond acceptors (Lipinski definition) is 4. The van der Waals surface area contributed by atoms with Gasteiger partial charge in [0.15, 0.2) is 5.75 Å². The van der Waals surface area contributed by atoms with E-state index in [9.17, 15) is 4.79 Å². The number of carboxylic acid groups (broad SMARTS) is 1. The molecule has 5 nitrogen and oxygen atoms in total. The molecule has 73 valence electrons. The Morgan fingerprint density at radius 3 is 2.71 bits per heavy atom. The van der Waals surface area contributed by atoms with Crippen molar-refractivity contribution in [3.63, 3.8) is 0 Å². The second-order valence-electron chi connectivity index (χ2n) is 2.37. The number of carbonyl (C=O) groups is 1. The molecule has 14 heavy (non-hydrogen) atoms. The highest BCUT2D eigenvalue weighted by Gasteiger charge is 2.15. The molecule has 0 saturated heterocycles. The number of aromatic carboxylic acids is 1. The van der Waals surface area contributed by atoms with Gasteiger partial charge in [0, 0.05) is 0 Å². The van der Waals surface area contributed by atoms with E-state index in [2.05, 4.69) is 4.65 Å². The second kappa shape index (κ2) is 4.52. The Bertz CT molecular complexity index is 339. The highest BCUT2D eigenvalue weighted by molar-refractivity contribution is 6.17. The van der Waals surface area contributed by atoms with E-state index in [4.69, 9.17) is 14.9 Å². The van der Waals surface area contributed by atoms with Gasteiger partial charge in [-0.05, 0) is 12.1 Å². The normalized spacial score (nSPS) is 9.29. The quantitative estimate of drug-likeness (QED) is 0.675. The van der Waals surface area contributed by atoms with Crippen LogP contribution >= 0.6 is 0 Å². The average Bonchev–Trinajstić information content (AvgIpc) is 2.18. The second-order valence-corrected chi connectivity index (χ2v) is 2.37. The smallest absolute Gasteiger partial charge is 0.535 e. The number of ether oxygens (including phenoxy) is 1. The molecule has 1 aromatic carbocycles. The highest BCUT2D eigenvalue weighted by atomic mass is 16.5. The van der Waals surface area contributed by atoms with E-state index in [1.54, 1.807) is 0 Å². The highest BCUT2D eigenvalue weighted by Crippen LogP contribution is 2.30. The first-order valence-electron chi connectivity index (χ1n) is 3.73. The predicted molar refractivity (Wildman–Crippen MR) is 48.6 cm³/mol. The van der Waals surface area contributed by atoms with Crippen molar-refractivity contribution < 1.29 is 24.3 Å². The number of rotatable bonds is 4. The fraction of sp³-hybridized carbons (Fsp3) is 0.125. The minimum absolute atomic E-state index is 0.0214. The molecule has 1 aromatic rings. The van der Waals surface area contributed by atoms with Crippen LogP contribution < -0.4 is 9.39 Å². The number of methoxy groups -OCH3 is 1. The summed E-state index contributed by atoms with van der Waals surface area (Å²) in [6.45, 7) is 0. The van der Waals surface area contributed by atoms with E-state index in [-0.39, 0.29) is 17.1 Å². The van der Waals surface area contributed by atoms with Crippen LogP contribution in [0.25, 0.3) is 0 Å². The fourth-order valence-corrected chi connectivity index (χ4v) is 1.04. The molecule has 1 radical (unpaired) electrons. The monoisotopic (exact) mass is 195 g/mol. The van der Waals surface area contributed by atoms with Crippen molar-refractivity contribution >= 4 is 13.7 Å². The van der Waals surface area contributed by atoms with Crippen LogP contribution in [0.4, 0.5) is 0 Å². The topological polar surface area (TPSA) is 76.0 Å². The zero-order chi connectivity index (χ0) is 10.6. The van der Waals surface area contributed by atoms with Crippen molar-refractivity contribution in [3.8, 4) is 11.5 Å². The molecular weight excluding hydrogens is 187 g/mol. The van der Waals surface area contributed by atoms with Gasteiger partial charge >= 0.3 is 13.7 Å². The number of carboxylic acids is 1. The molecule has 0 aromatic heterocycles. The first-order chi connectivity index (χ1) is 6.70. The van der Waals surface area contributed by atoms with Gasteiger partial charge in [-0.1, -0.05) is 6.07 Å². The zero-order valence-electron chi connectivity index (χ0n) is 7.43. The Morgan fingerprint density at radius 2 is 2.21 bits per heavy atom. The molecule has 1 rings (SSSR count). The summed E-state index contributed by atoms with van der Waals surface area (Å²) in [6.07, 6.45) is 0. The lowest BCUT2D eigenvalue weighted by molar-refractivity contribution is 0.0692. The molecular formula is C8H8BO5. The third-order valence-corrected chi connectivity index (χ3v) is 1.59. The van der Waals surface area contributed by atoms with E-state index in [1.165, 1.54) is 25.3 Å². The molecule has 0 fully saturated rings. The third-order valence-electron chi connectivity index (χ3n) is 1.59. The molecule has 0 bridgehead atoms. The SMILES string of the molecule is COc1c(O[B]O)cccc1C(=O)O. The summed E-state index contributed by atoms with van der Waals surface area (Å²) in [7, 11) is 1.79. The summed E-state index contributed by atoms with van der Waals surface area (Å²) in [5.41, 5.74) is -0.0214. The summed E-state index contributed by atoms with van der Waals surface area (Å²) in [6, 6.07) is 4.36. The Labute approximate surface area is 81.2 Å². The lowest BCUT2D eigenvalue weighted by Gasteiger charge is -2.10. The van der Waals surface area contributed by atoms with Crippen LogP contribution in [0, 0.1) is 0 Å². The van der Waals surface area contributed by atoms with Crippen LogP contribution in [0.3, 0.4) is 0 Å². The van der Waals surface area contributed by atoms with Crippen LogP contribution in [0.15, 0.2) is 18.2 Å². The van der Waals surface area contributed by atoms with Gasteiger partial charge in [0.1, 0.15) is 11.3 Å². The minimum Gasteiger partial charge on any atom is -0.535 e. The largest absolute Gasteiger partial charge is 0.569 e. The van der Waals surface area contributed by atoms with Gasteiger partial charge in [-0.2, -0.15) is 0 Å². The molecule has 0 unspecified atom stereocenters. The molecule has 0 saturated carbocycles. The summed E-state index contributed by atoms with van der Waals surface area (Å²) in [4.78, 5) is 10.7. The van der Waals surface area contributed by atoms with Crippen LogP contribution in [0.1, 0.15) is 10.4 Å². The maximum absolute atomic E-state index is 10.7. The minimum atomic E-state index is -1.12. The van der Waals surface area contributed by atoms with Gasteiger partial charge in [-0.3, -0.25) is 0 Å². The van der Waals surface area contributed by atoms with E-state index < -0.39 is 5.97 Å². The first kappa shape index (κ1) is 10.4. The lowest BCUT2D eigenvalue weighted by Crippen LogP contribution is -2.05. The summed E-state index contributed by atoms with van der Waals surface area (Å²) in [5.74, 6) is -0.898. The first-order valence-corrected chi connectivity index (χ1v) is 3.73. The molecule has 0 aliphatic carbocycles. The Morgan fingerprint density at radius 1 is 1.50 bits per heavy atom. The molecule has 2 N–H and O–H groups in total. The zero-order valence-corrected chi connectivity index (χ0v) is 7.43. The van der Waals surface area contributed by atoms with E-state index in [1.807, 2.05) is 0 Å². The molecule has 0 amide bonds. The molecule has 0 aliphatic rings. The van der Waals surface area contributed by atoms with Crippen molar-refractivity contribution in [3.05, 3.63) is 23.8 Å². The van der Waals surface area contributed by atoms with Gasteiger partial charge in [-0.15, -0.1) is 0 Å². The Hall–Kier alpha value is -1.69. The molecule has 0 atom stereocenters. The number of benzene rings is 1. The molecule has 0 heterocycles. The third kappa shape index (κ3) is 1.97. The van der Waals surface area contributed by atoms with Crippen molar-refractivity contribution in [2.75, 3.05) is 7.11 Å². The number of hydrogen-bond donors (Lipinski definition) is 2. The average molecular weight is 195 g/mol. The Balaban J connectivity index is 3.17. The van der Waals surface area contributed by atoms with Crippen molar-refractivity contribution in [2.45, 2.75) is 0 Å². The van der Waals surface area contributed by atoms with Crippen LogP contribution in [-0.2, 0) is 0 Å². The summed E-state index contributed by atoms with van der Waals surface area (Å²) >= 11 is 0. The van der Waals surface area contributed by atoms with Crippen molar-refractivity contribution in [2.24, 2.45) is 0 Å². The summed E-state index contributed by atoms with van der Waals surface area (Å²) in [5, 5.41) is 17.2. The molecule has 6 heteroatoms. The molecule has 0 spiro atoms. The van der Waals surface area contributed by atoms with E-state index >= 15 is 0 Å². The van der Waals surface area contributed by atoms with Crippen molar-refractivity contribution in [1.29, 1.82) is 0 Å². The standard InChI is InChI=1S/C8H8BO5/c1-13-7-5(8(10)11)3-2-4-6(7)14-9-12/h2-4,12H,1H3,(H,10,11). The van der Waals surface area contributed by atoms with Gasteiger partial charge in [0.2, 0.25) is 0 Å². The van der Waals surface area contributed by atoms with E-state index in [0.717, 1.165) is 0 Å². The lowest BCUT2D eigenvalue weighted by atomic mass is 10.2. The van der Waals surface area contributed by atoms with Crippen LogP contribution in [0.2, 0.25) is 0 Å². The van der Waals surface area contributed by atoms with Crippen LogP contribution in [-0.4, -0.2) is 30.9 Å². The number of para-hydroxylation sites is 1. The summed E-state index contributed by atoms with van der Waals surface area (Å²) < 4.78 is 9.51. The predicted octanol–water partition coefficient (Wildman–Crippen LogP) is 0.299. The van der Waals surface area contributed by atoms with E-state index in [0.29, 0.717) is 7.69 Å². The maximum atomic E-state index is 10.7. The maximum Gasteiger partial charge on any atom is 0.569 e. The van der Waals surface area contributed by atoms with Gasteiger partial charge < -0.3 is 19.5 Å². The van der Waals surface area contributed by atoms with Crippen molar-refractivity contribution in [1.82, 2.24) is 0 Å². The van der Waals surface area contributed by atoms with Crippen LogP contribution in [0.5, 0.6) is 11.5 Å². The van der Waals surface area contributed by atoms with Gasteiger partial charge in [0.25, 0.3) is 0 Å². The molecule has 0 aliphatic heterocycles. The fourth-order valence-electron chi connectivity index (χ4n) is 1.04. The van der Waals surface area contributed by atoms with Gasteiger partial charge in [0.05, 0.1) is 7.11 Å². The Kier molecular flexibility index (Phi) is 3.36. The van der Waals surface area contributed by atoms with Gasteiger partial charge in [-0.25, -0.2) is 4.79 Å².